The number of halogens is 1. The van der Waals surface area contributed by atoms with Crippen molar-refractivity contribution in [3.05, 3.63) is 28.7 Å². The van der Waals surface area contributed by atoms with Crippen LogP contribution in [0.2, 0.25) is 0 Å². The maximum atomic E-state index is 3.58. The number of hydrogen-bond donors (Lipinski definition) is 1. The second-order valence-corrected chi connectivity index (χ2v) is 6.62. The normalized spacial score (nSPS) is 11.6. The van der Waals surface area contributed by atoms with Crippen molar-refractivity contribution in [2.45, 2.75) is 46.6 Å². The Labute approximate surface area is 133 Å². The summed E-state index contributed by atoms with van der Waals surface area (Å²) in [6, 6.07) is 9.02. The number of hydrogen-bond acceptors (Lipinski definition) is 2. The molecular weight excluding hydrogens is 312 g/mol. The number of nitrogens with zero attached hydrogens (tertiary/aromatic N) is 1. The summed E-state index contributed by atoms with van der Waals surface area (Å²) in [5, 5.41) is 3.53. The molecule has 1 aromatic rings. The van der Waals surface area contributed by atoms with Gasteiger partial charge in [0, 0.05) is 35.8 Å². The van der Waals surface area contributed by atoms with Gasteiger partial charge < -0.3 is 5.32 Å². The summed E-state index contributed by atoms with van der Waals surface area (Å²) in [5.41, 5.74) is 1.18. The van der Waals surface area contributed by atoms with E-state index < -0.39 is 0 Å². The number of benzene rings is 1. The van der Waals surface area contributed by atoms with Crippen LogP contribution >= 0.6 is 15.9 Å². The molecule has 1 rings (SSSR count). The van der Waals surface area contributed by atoms with Gasteiger partial charge in [0.25, 0.3) is 0 Å². The maximum Gasteiger partial charge on any atom is 0.0485 e. The Morgan fingerprint density at radius 2 is 1.80 bits per heavy atom. The summed E-state index contributed by atoms with van der Waals surface area (Å²) in [5.74, 6) is 0.721. The number of nitrogens with one attached hydrogen (secondary N) is 1. The van der Waals surface area contributed by atoms with Crippen molar-refractivity contribution < 1.29 is 0 Å². The molecule has 1 N–H and O–H groups in total. The van der Waals surface area contributed by atoms with E-state index in [1.165, 1.54) is 25.1 Å². The van der Waals surface area contributed by atoms with Crippen LogP contribution in [0.25, 0.3) is 0 Å². The lowest BCUT2D eigenvalue weighted by molar-refractivity contribution is 0.172. The van der Waals surface area contributed by atoms with Crippen molar-refractivity contribution in [2.24, 2.45) is 5.92 Å². The first-order valence-corrected chi connectivity index (χ1v) is 8.60. The predicted molar refractivity (Wildman–Crippen MR) is 93.4 cm³/mol. The van der Waals surface area contributed by atoms with Crippen LogP contribution in [0, 0.1) is 5.92 Å². The lowest BCUT2D eigenvalue weighted by atomic mass is 10.1. The van der Waals surface area contributed by atoms with Gasteiger partial charge in [0.15, 0.2) is 0 Å². The SMILES string of the molecule is CCC(CC)N(CCNc1ccccc1Br)CC(C)C. The van der Waals surface area contributed by atoms with Crippen LogP contribution in [0.1, 0.15) is 40.5 Å². The largest absolute Gasteiger partial charge is 0.383 e. The van der Waals surface area contributed by atoms with Gasteiger partial charge in [0.1, 0.15) is 0 Å². The average Bonchev–Trinajstić information content (AvgIpc) is 2.41. The maximum absolute atomic E-state index is 3.58. The zero-order valence-electron chi connectivity index (χ0n) is 13.3. The summed E-state index contributed by atoms with van der Waals surface area (Å²) in [6.07, 6.45) is 2.47. The summed E-state index contributed by atoms with van der Waals surface area (Å²) >= 11 is 3.58. The molecule has 0 fully saturated rings. The van der Waals surface area contributed by atoms with Crippen molar-refractivity contribution >= 4 is 21.6 Å². The molecule has 3 heteroatoms. The first kappa shape index (κ1) is 17.5. The van der Waals surface area contributed by atoms with Crippen molar-refractivity contribution in [3.63, 3.8) is 0 Å². The van der Waals surface area contributed by atoms with E-state index in [-0.39, 0.29) is 0 Å². The Hall–Kier alpha value is -0.540. The standard InChI is InChI=1S/C17H29BrN2/c1-5-15(6-2)20(13-14(3)4)12-11-19-17-10-8-7-9-16(17)18/h7-10,14-15,19H,5-6,11-13H2,1-4H3. The molecule has 0 aliphatic rings. The predicted octanol–water partition coefficient (Wildman–Crippen LogP) is 5.01. The van der Waals surface area contributed by atoms with Crippen LogP contribution in [0.15, 0.2) is 28.7 Å². The quantitative estimate of drug-likeness (QED) is 0.679. The van der Waals surface area contributed by atoms with E-state index in [1.54, 1.807) is 0 Å². The van der Waals surface area contributed by atoms with Gasteiger partial charge in [-0.15, -0.1) is 0 Å². The second-order valence-electron chi connectivity index (χ2n) is 5.77. The highest BCUT2D eigenvalue weighted by Gasteiger charge is 2.15. The Balaban J connectivity index is 2.51. The van der Waals surface area contributed by atoms with E-state index in [0.717, 1.165) is 23.5 Å². The third-order valence-electron chi connectivity index (χ3n) is 3.65. The fourth-order valence-electron chi connectivity index (χ4n) is 2.64. The van der Waals surface area contributed by atoms with Gasteiger partial charge in [-0.05, 0) is 46.8 Å². The van der Waals surface area contributed by atoms with E-state index in [2.05, 4.69) is 72.0 Å². The molecule has 114 valence electrons. The fourth-order valence-corrected chi connectivity index (χ4v) is 3.06. The number of rotatable bonds is 9. The van der Waals surface area contributed by atoms with E-state index in [1.807, 2.05) is 6.07 Å². The molecule has 0 amide bonds. The van der Waals surface area contributed by atoms with Gasteiger partial charge in [-0.3, -0.25) is 4.90 Å². The molecule has 20 heavy (non-hydrogen) atoms. The minimum absolute atomic E-state index is 0.707. The topological polar surface area (TPSA) is 15.3 Å². The van der Waals surface area contributed by atoms with Crippen molar-refractivity contribution in [3.8, 4) is 0 Å². The van der Waals surface area contributed by atoms with Crippen LogP contribution in [-0.4, -0.2) is 30.6 Å². The van der Waals surface area contributed by atoms with E-state index in [0.29, 0.717) is 6.04 Å². The molecule has 0 heterocycles. The summed E-state index contributed by atoms with van der Waals surface area (Å²) in [6.45, 7) is 12.5. The lowest BCUT2D eigenvalue weighted by Gasteiger charge is -2.32. The first-order chi connectivity index (χ1) is 9.58. The van der Waals surface area contributed by atoms with Crippen molar-refractivity contribution in [2.75, 3.05) is 25.0 Å². The summed E-state index contributed by atoms with van der Waals surface area (Å²) < 4.78 is 1.14. The third kappa shape index (κ3) is 5.84. The van der Waals surface area contributed by atoms with Crippen molar-refractivity contribution in [1.82, 2.24) is 4.90 Å². The Bertz CT molecular complexity index is 375. The summed E-state index contributed by atoms with van der Waals surface area (Å²) in [7, 11) is 0. The first-order valence-electron chi connectivity index (χ1n) is 7.80. The smallest absolute Gasteiger partial charge is 0.0485 e. The molecule has 0 atom stereocenters. The monoisotopic (exact) mass is 340 g/mol. The molecule has 1 aromatic carbocycles. The molecule has 0 saturated carbocycles. The highest BCUT2D eigenvalue weighted by atomic mass is 79.9. The highest BCUT2D eigenvalue weighted by Crippen LogP contribution is 2.21. The van der Waals surface area contributed by atoms with Gasteiger partial charge in [0.05, 0.1) is 0 Å². The van der Waals surface area contributed by atoms with Crippen LogP contribution in [-0.2, 0) is 0 Å². The molecule has 0 aromatic heterocycles. The van der Waals surface area contributed by atoms with E-state index in [4.69, 9.17) is 0 Å². The van der Waals surface area contributed by atoms with Crippen LogP contribution < -0.4 is 5.32 Å². The zero-order chi connectivity index (χ0) is 15.0. The van der Waals surface area contributed by atoms with Gasteiger partial charge in [-0.25, -0.2) is 0 Å². The van der Waals surface area contributed by atoms with Crippen LogP contribution in [0.3, 0.4) is 0 Å². The Morgan fingerprint density at radius 1 is 1.15 bits per heavy atom. The zero-order valence-corrected chi connectivity index (χ0v) is 14.9. The molecule has 0 bridgehead atoms. The molecule has 2 nitrogen and oxygen atoms in total. The minimum Gasteiger partial charge on any atom is -0.383 e. The molecular formula is C17H29BrN2. The number of anilines is 1. The molecule has 0 aliphatic carbocycles. The van der Waals surface area contributed by atoms with Crippen LogP contribution in [0.4, 0.5) is 5.69 Å². The Kier molecular flexibility index (Phi) is 8.24. The minimum atomic E-state index is 0.707. The van der Waals surface area contributed by atoms with E-state index in [9.17, 15) is 0 Å². The van der Waals surface area contributed by atoms with Gasteiger partial charge >= 0.3 is 0 Å². The molecule has 0 radical (unpaired) electrons. The average molecular weight is 341 g/mol. The van der Waals surface area contributed by atoms with Gasteiger partial charge in [-0.2, -0.15) is 0 Å². The highest BCUT2D eigenvalue weighted by molar-refractivity contribution is 9.10. The van der Waals surface area contributed by atoms with E-state index >= 15 is 0 Å². The molecule has 0 unspecified atom stereocenters. The van der Waals surface area contributed by atoms with Gasteiger partial charge in [0.2, 0.25) is 0 Å². The Morgan fingerprint density at radius 3 is 2.35 bits per heavy atom. The molecule has 0 spiro atoms. The lowest BCUT2D eigenvalue weighted by Crippen LogP contribution is -2.40. The van der Waals surface area contributed by atoms with Crippen molar-refractivity contribution in [1.29, 1.82) is 0 Å². The molecule has 0 aliphatic heterocycles. The van der Waals surface area contributed by atoms with Gasteiger partial charge in [-0.1, -0.05) is 39.8 Å². The number of para-hydroxylation sites is 1. The third-order valence-corrected chi connectivity index (χ3v) is 4.34. The molecule has 0 saturated heterocycles. The second kappa shape index (κ2) is 9.41. The summed E-state index contributed by atoms with van der Waals surface area (Å²) in [4.78, 5) is 2.63. The fraction of sp³-hybridized carbons (Fsp3) is 0.647. The van der Waals surface area contributed by atoms with Crippen LogP contribution in [0.5, 0.6) is 0 Å².